The average Bonchev–Trinajstić information content (AvgIpc) is 3.57. The van der Waals surface area contributed by atoms with Gasteiger partial charge in [-0.1, -0.05) is 36.4 Å². The largest absolute Gasteiger partial charge is 0.342 e. The maximum absolute atomic E-state index is 13.3. The lowest BCUT2D eigenvalue weighted by Gasteiger charge is -2.19. The molecule has 170 valence electrons. The Balaban J connectivity index is 1.43. The van der Waals surface area contributed by atoms with Gasteiger partial charge in [0.25, 0.3) is 5.56 Å². The maximum Gasteiger partial charge on any atom is 0.256 e. The van der Waals surface area contributed by atoms with Gasteiger partial charge in [0.2, 0.25) is 5.91 Å². The van der Waals surface area contributed by atoms with Crippen LogP contribution in [0.4, 0.5) is 4.39 Å². The van der Waals surface area contributed by atoms with E-state index in [-0.39, 0.29) is 29.1 Å². The van der Waals surface area contributed by atoms with E-state index in [9.17, 15) is 14.0 Å². The lowest BCUT2D eigenvalue weighted by atomic mass is 10.0. The van der Waals surface area contributed by atoms with E-state index in [0.29, 0.717) is 24.5 Å². The van der Waals surface area contributed by atoms with E-state index in [1.165, 1.54) is 12.1 Å². The Labute approximate surface area is 192 Å². The molecular weight excluding hydrogens is 417 g/mol. The van der Waals surface area contributed by atoms with Gasteiger partial charge in [-0.25, -0.2) is 9.37 Å². The van der Waals surface area contributed by atoms with E-state index in [2.05, 4.69) is 0 Å². The van der Waals surface area contributed by atoms with Crippen LogP contribution in [0.5, 0.6) is 0 Å². The number of carbonyl (C=O) groups is 1. The van der Waals surface area contributed by atoms with Crippen molar-refractivity contribution in [2.75, 3.05) is 13.1 Å². The highest BCUT2D eigenvalue weighted by molar-refractivity contribution is 5.81. The number of amides is 1. The molecule has 5 rings (SSSR count). The molecule has 6 heteroatoms. The molecule has 0 radical (unpaired) electrons. The number of nitrogens with zero attached hydrogens (tertiary/aromatic N) is 3. The SMILES string of the molecule is Cc1nc(-c2ccc(-c3ccc(F)cc3)cc2)n(CC2CCN(C(=O)C3CC3)C2)c(=O)c1C. The minimum atomic E-state index is -0.261. The summed E-state index contributed by atoms with van der Waals surface area (Å²) in [7, 11) is 0. The third-order valence-electron chi connectivity index (χ3n) is 6.92. The first kappa shape index (κ1) is 21.6. The van der Waals surface area contributed by atoms with Gasteiger partial charge in [-0.3, -0.25) is 14.2 Å². The van der Waals surface area contributed by atoms with Gasteiger partial charge in [0.1, 0.15) is 11.6 Å². The fourth-order valence-corrected chi connectivity index (χ4v) is 4.63. The smallest absolute Gasteiger partial charge is 0.256 e. The molecule has 1 aliphatic carbocycles. The number of rotatable bonds is 5. The zero-order chi connectivity index (χ0) is 23.1. The summed E-state index contributed by atoms with van der Waals surface area (Å²) in [5, 5.41) is 0. The van der Waals surface area contributed by atoms with Crippen molar-refractivity contribution in [1.82, 2.24) is 14.5 Å². The molecule has 3 aromatic rings. The van der Waals surface area contributed by atoms with E-state index in [0.717, 1.165) is 48.2 Å². The fraction of sp³-hybridized carbons (Fsp3) is 0.370. The van der Waals surface area contributed by atoms with Crippen LogP contribution < -0.4 is 5.56 Å². The number of benzene rings is 2. The number of likely N-dealkylation sites (tertiary alicyclic amines) is 1. The summed E-state index contributed by atoms with van der Waals surface area (Å²) in [5.41, 5.74) is 4.13. The summed E-state index contributed by atoms with van der Waals surface area (Å²) in [6.45, 7) is 5.71. The summed E-state index contributed by atoms with van der Waals surface area (Å²) < 4.78 is 15.0. The van der Waals surface area contributed by atoms with Gasteiger partial charge in [-0.15, -0.1) is 0 Å². The minimum absolute atomic E-state index is 0.0212. The Morgan fingerprint density at radius 3 is 2.21 bits per heavy atom. The predicted octanol–water partition coefficient (Wildman–Crippen LogP) is 4.59. The number of carbonyl (C=O) groups excluding carboxylic acids is 1. The van der Waals surface area contributed by atoms with Crippen molar-refractivity contribution >= 4 is 5.91 Å². The van der Waals surface area contributed by atoms with E-state index in [1.54, 1.807) is 16.7 Å². The standard InChI is InChI=1S/C27H28FN3O2/c1-17-18(2)29-25(22-5-3-20(4-6-22)21-9-11-24(28)12-10-21)31(26(17)32)16-19-13-14-30(15-19)27(33)23-7-8-23/h3-6,9-12,19,23H,7-8,13-16H2,1-2H3. The Morgan fingerprint density at radius 1 is 0.970 bits per heavy atom. The lowest BCUT2D eigenvalue weighted by Crippen LogP contribution is -2.32. The first-order chi connectivity index (χ1) is 15.9. The van der Waals surface area contributed by atoms with Gasteiger partial charge in [0.15, 0.2) is 0 Å². The summed E-state index contributed by atoms with van der Waals surface area (Å²) in [6, 6.07) is 14.3. The molecule has 5 nitrogen and oxygen atoms in total. The number of halogens is 1. The molecule has 0 N–H and O–H groups in total. The molecule has 1 saturated carbocycles. The lowest BCUT2D eigenvalue weighted by molar-refractivity contribution is -0.131. The zero-order valence-electron chi connectivity index (χ0n) is 19.1. The summed E-state index contributed by atoms with van der Waals surface area (Å²) in [4.78, 5) is 32.4. The van der Waals surface area contributed by atoms with Crippen molar-refractivity contribution in [3.8, 4) is 22.5 Å². The highest BCUT2D eigenvalue weighted by atomic mass is 19.1. The molecule has 1 unspecified atom stereocenters. The second kappa shape index (κ2) is 8.58. The summed E-state index contributed by atoms with van der Waals surface area (Å²) >= 11 is 0. The van der Waals surface area contributed by atoms with Crippen LogP contribution >= 0.6 is 0 Å². The molecule has 33 heavy (non-hydrogen) atoms. The van der Waals surface area contributed by atoms with Gasteiger partial charge < -0.3 is 4.90 Å². The maximum atomic E-state index is 13.3. The molecule has 1 atom stereocenters. The molecule has 1 aromatic heterocycles. The highest BCUT2D eigenvalue weighted by Crippen LogP contribution is 2.33. The second-order valence-corrected chi connectivity index (χ2v) is 9.36. The average molecular weight is 446 g/mol. The Bertz CT molecular complexity index is 1240. The van der Waals surface area contributed by atoms with Crippen molar-refractivity contribution in [2.24, 2.45) is 11.8 Å². The first-order valence-electron chi connectivity index (χ1n) is 11.6. The first-order valence-corrected chi connectivity index (χ1v) is 11.6. The Hall–Kier alpha value is -3.28. The van der Waals surface area contributed by atoms with Crippen LogP contribution in [0.15, 0.2) is 53.3 Å². The highest BCUT2D eigenvalue weighted by Gasteiger charge is 2.36. The van der Waals surface area contributed by atoms with E-state index in [1.807, 2.05) is 43.0 Å². The van der Waals surface area contributed by atoms with Gasteiger partial charge in [0, 0.05) is 42.4 Å². The van der Waals surface area contributed by atoms with Crippen LogP contribution in [-0.2, 0) is 11.3 Å². The van der Waals surface area contributed by atoms with E-state index >= 15 is 0 Å². The molecule has 2 aromatic carbocycles. The van der Waals surface area contributed by atoms with Crippen LogP contribution in [-0.4, -0.2) is 33.4 Å². The Kier molecular flexibility index (Phi) is 5.60. The molecule has 2 aliphatic rings. The van der Waals surface area contributed by atoms with E-state index in [4.69, 9.17) is 4.98 Å². The third kappa shape index (κ3) is 4.34. The van der Waals surface area contributed by atoms with Crippen LogP contribution in [0.3, 0.4) is 0 Å². The number of aryl methyl sites for hydroxylation is 1. The monoisotopic (exact) mass is 445 g/mol. The number of hydrogen-bond acceptors (Lipinski definition) is 3. The normalized spacial score (nSPS) is 18.0. The van der Waals surface area contributed by atoms with Crippen LogP contribution in [0.25, 0.3) is 22.5 Å². The topological polar surface area (TPSA) is 55.2 Å². The predicted molar refractivity (Wildman–Crippen MR) is 126 cm³/mol. The van der Waals surface area contributed by atoms with Crippen molar-refractivity contribution in [2.45, 2.75) is 39.7 Å². The molecule has 1 saturated heterocycles. The van der Waals surface area contributed by atoms with Crippen molar-refractivity contribution in [3.05, 3.63) is 76.0 Å². The van der Waals surface area contributed by atoms with Gasteiger partial charge in [-0.2, -0.15) is 0 Å². The number of aromatic nitrogens is 2. The molecule has 2 fully saturated rings. The van der Waals surface area contributed by atoms with E-state index < -0.39 is 0 Å². The molecular formula is C27H28FN3O2. The summed E-state index contributed by atoms with van der Waals surface area (Å²) in [5.74, 6) is 1.14. The van der Waals surface area contributed by atoms with Crippen molar-refractivity contribution in [3.63, 3.8) is 0 Å². The van der Waals surface area contributed by atoms with Crippen LogP contribution in [0.2, 0.25) is 0 Å². The van der Waals surface area contributed by atoms with Gasteiger partial charge >= 0.3 is 0 Å². The zero-order valence-corrected chi connectivity index (χ0v) is 19.1. The van der Waals surface area contributed by atoms with Gasteiger partial charge in [0.05, 0.1) is 0 Å². The van der Waals surface area contributed by atoms with Crippen molar-refractivity contribution < 1.29 is 9.18 Å². The van der Waals surface area contributed by atoms with Crippen molar-refractivity contribution in [1.29, 1.82) is 0 Å². The minimum Gasteiger partial charge on any atom is -0.342 e. The molecule has 0 bridgehead atoms. The molecule has 1 aliphatic heterocycles. The Morgan fingerprint density at radius 2 is 1.58 bits per heavy atom. The number of hydrogen-bond donors (Lipinski definition) is 0. The molecule has 1 amide bonds. The summed E-state index contributed by atoms with van der Waals surface area (Å²) in [6.07, 6.45) is 2.93. The molecule has 2 heterocycles. The molecule has 0 spiro atoms. The van der Waals surface area contributed by atoms with Crippen LogP contribution in [0.1, 0.15) is 30.5 Å². The fourth-order valence-electron chi connectivity index (χ4n) is 4.63. The van der Waals surface area contributed by atoms with Crippen LogP contribution in [0, 0.1) is 31.5 Å². The van der Waals surface area contributed by atoms with Gasteiger partial charge in [-0.05, 0) is 62.3 Å². The second-order valence-electron chi connectivity index (χ2n) is 9.36. The third-order valence-corrected chi connectivity index (χ3v) is 6.92. The quantitative estimate of drug-likeness (QED) is 0.577.